The monoisotopic (exact) mass is 409 g/mol. The van der Waals surface area contributed by atoms with E-state index in [0.29, 0.717) is 5.56 Å². The van der Waals surface area contributed by atoms with Crippen LogP contribution in [0.3, 0.4) is 0 Å². The quantitative estimate of drug-likeness (QED) is 0.808. The van der Waals surface area contributed by atoms with Gasteiger partial charge in [0.2, 0.25) is 5.95 Å². The highest BCUT2D eigenvalue weighted by molar-refractivity contribution is 5.94. The van der Waals surface area contributed by atoms with Crippen LogP contribution in [0.15, 0.2) is 43.0 Å². The number of pyridine rings is 1. The highest BCUT2D eigenvalue weighted by Gasteiger charge is 2.49. The van der Waals surface area contributed by atoms with Gasteiger partial charge in [0.05, 0.1) is 0 Å². The van der Waals surface area contributed by atoms with Crippen LogP contribution in [0.25, 0.3) is 0 Å². The number of aliphatic carboxylic acids is 1. The number of amides is 1. The van der Waals surface area contributed by atoms with Crippen molar-refractivity contribution in [3.05, 3.63) is 48.5 Å². The van der Waals surface area contributed by atoms with E-state index in [9.17, 15) is 18.0 Å². The number of carbonyl (C=O) groups is 2. The SMILES string of the molecule is O=C(O)C(F)(F)F.O=C(c1ccncc1)N1CC2(CCN(c3ncccn3)C2)C1. The topological polar surface area (TPSA) is 99.5 Å². The van der Waals surface area contributed by atoms with Crippen molar-refractivity contribution in [1.82, 2.24) is 19.9 Å². The molecule has 0 atom stereocenters. The number of alkyl halides is 3. The van der Waals surface area contributed by atoms with Gasteiger partial charge in [0.25, 0.3) is 5.91 Å². The van der Waals surface area contributed by atoms with Crippen molar-refractivity contribution in [3.63, 3.8) is 0 Å². The van der Waals surface area contributed by atoms with Crippen LogP contribution < -0.4 is 4.90 Å². The Morgan fingerprint density at radius 3 is 2.17 bits per heavy atom. The van der Waals surface area contributed by atoms with E-state index in [1.807, 2.05) is 11.0 Å². The second kappa shape index (κ2) is 8.02. The van der Waals surface area contributed by atoms with Crippen molar-refractivity contribution in [2.45, 2.75) is 12.6 Å². The van der Waals surface area contributed by atoms with E-state index in [-0.39, 0.29) is 11.3 Å². The molecule has 0 aromatic carbocycles. The number of nitrogens with zero attached hydrogens (tertiary/aromatic N) is 5. The number of likely N-dealkylation sites (tertiary alicyclic amines) is 1. The molecule has 2 fully saturated rings. The lowest BCUT2D eigenvalue weighted by molar-refractivity contribution is -0.192. The normalized spacial score (nSPS) is 17.3. The molecule has 4 rings (SSSR count). The van der Waals surface area contributed by atoms with Gasteiger partial charge in [-0.3, -0.25) is 9.78 Å². The zero-order chi connectivity index (χ0) is 21.1. The van der Waals surface area contributed by atoms with Crippen molar-refractivity contribution < 1.29 is 27.9 Å². The summed E-state index contributed by atoms with van der Waals surface area (Å²) in [5.74, 6) is -1.87. The number of carboxylic acids is 1. The first-order chi connectivity index (χ1) is 13.7. The molecule has 1 amide bonds. The van der Waals surface area contributed by atoms with Crippen molar-refractivity contribution in [2.75, 3.05) is 31.1 Å². The van der Waals surface area contributed by atoms with Gasteiger partial charge in [-0.15, -0.1) is 0 Å². The van der Waals surface area contributed by atoms with Gasteiger partial charge < -0.3 is 14.9 Å². The van der Waals surface area contributed by atoms with Gasteiger partial charge in [-0.1, -0.05) is 0 Å². The van der Waals surface area contributed by atoms with Gasteiger partial charge >= 0.3 is 12.1 Å². The van der Waals surface area contributed by atoms with Crippen LogP contribution >= 0.6 is 0 Å². The fourth-order valence-corrected chi connectivity index (χ4v) is 3.40. The molecule has 0 bridgehead atoms. The fourth-order valence-electron chi connectivity index (χ4n) is 3.40. The lowest BCUT2D eigenvalue weighted by atomic mass is 9.79. The van der Waals surface area contributed by atoms with Crippen LogP contribution in [0.1, 0.15) is 16.8 Å². The second-order valence-electron chi connectivity index (χ2n) is 6.92. The predicted molar refractivity (Wildman–Crippen MR) is 95.1 cm³/mol. The average Bonchev–Trinajstić information content (AvgIpc) is 3.13. The second-order valence-corrected chi connectivity index (χ2v) is 6.92. The molecular weight excluding hydrogens is 391 g/mol. The Morgan fingerprint density at radius 2 is 1.62 bits per heavy atom. The molecule has 0 saturated carbocycles. The number of hydrogen-bond donors (Lipinski definition) is 1. The Bertz CT molecular complexity index is 858. The average molecular weight is 409 g/mol. The van der Waals surface area contributed by atoms with E-state index in [2.05, 4.69) is 19.9 Å². The fraction of sp³-hybridized carbons (Fsp3) is 0.389. The third-order valence-corrected chi connectivity index (χ3v) is 4.78. The maximum absolute atomic E-state index is 12.4. The summed E-state index contributed by atoms with van der Waals surface area (Å²) in [4.78, 5) is 38.0. The molecule has 154 valence electrons. The standard InChI is InChI=1S/C16H17N5O.C2HF3O2/c22-14(13-2-7-17-8-3-13)21-11-16(12-21)4-9-20(10-16)15-18-5-1-6-19-15;3-2(4,5)1(6)7/h1-3,5-8H,4,9-12H2;(H,6,7). The van der Waals surface area contributed by atoms with Gasteiger partial charge in [-0.25, -0.2) is 14.8 Å². The van der Waals surface area contributed by atoms with Gasteiger partial charge in [0.1, 0.15) is 0 Å². The lowest BCUT2D eigenvalue weighted by Crippen LogP contribution is -2.59. The Hall–Kier alpha value is -3.24. The van der Waals surface area contributed by atoms with Crippen molar-refractivity contribution in [1.29, 1.82) is 0 Å². The lowest BCUT2D eigenvalue weighted by Gasteiger charge is -2.48. The molecule has 0 unspecified atom stereocenters. The molecule has 0 radical (unpaired) electrons. The number of carbonyl (C=O) groups excluding carboxylic acids is 1. The molecule has 29 heavy (non-hydrogen) atoms. The minimum Gasteiger partial charge on any atom is -0.475 e. The van der Waals surface area contributed by atoms with Crippen LogP contribution in [0.5, 0.6) is 0 Å². The van der Waals surface area contributed by atoms with Crippen LogP contribution in [0, 0.1) is 5.41 Å². The van der Waals surface area contributed by atoms with Crippen LogP contribution in [0.2, 0.25) is 0 Å². The number of anilines is 1. The van der Waals surface area contributed by atoms with Crippen molar-refractivity contribution >= 4 is 17.8 Å². The molecule has 2 aliphatic heterocycles. The first-order valence-corrected chi connectivity index (χ1v) is 8.72. The molecular formula is C18H18F3N5O3. The summed E-state index contributed by atoms with van der Waals surface area (Å²) in [6.07, 6.45) is 2.87. The molecule has 1 N–H and O–H groups in total. The summed E-state index contributed by atoms with van der Waals surface area (Å²) in [5, 5.41) is 7.12. The minimum absolute atomic E-state index is 0.0995. The summed E-state index contributed by atoms with van der Waals surface area (Å²) in [5.41, 5.74) is 0.924. The van der Waals surface area contributed by atoms with E-state index in [1.165, 1.54) is 0 Å². The minimum atomic E-state index is -5.08. The number of rotatable bonds is 2. The Kier molecular flexibility index (Phi) is 5.66. The Labute approximate surface area is 164 Å². The Balaban J connectivity index is 0.000000298. The third-order valence-electron chi connectivity index (χ3n) is 4.78. The molecule has 1 spiro atoms. The summed E-state index contributed by atoms with van der Waals surface area (Å²) >= 11 is 0. The predicted octanol–water partition coefficient (Wildman–Crippen LogP) is 1.86. The summed E-state index contributed by atoms with van der Waals surface area (Å²) in [6, 6.07) is 5.37. The summed E-state index contributed by atoms with van der Waals surface area (Å²) in [7, 11) is 0. The van der Waals surface area contributed by atoms with E-state index in [1.54, 1.807) is 36.9 Å². The first-order valence-electron chi connectivity index (χ1n) is 8.72. The molecule has 2 aliphatic rings. The zero-order valence-corrected chi connectivity index (χ0v) is 15.2. The van der Waals surface area contributed by atoms with Crippen LogP contribution in [0.4, 0.5) is 19.1 Å². The molecule has 2 aromatic rings. The third kappa shape index (κ3) is 4.79. The molecule has 2 aromatic heterocycles. The Morgan fingerprint density at radius 1 is 1.03 bits per heavy atom. The van der Waals surface area contributed by atoms with E-state index < -0.39 is 12.1 Å². The molecule has 4 heterocycles. The molecule has 2 saturated heterocycles. The highest BCUT2D eigenvalue weighted by Crippen LogP contribution is 2.40. The highest BCUT2D eigenvalue weighted by atomic mass is 19.4. The molecule has 11 heteroatoms. The zero-order valence-electron chi connectivity index (χ0n) is 15.2. The van der Waals surface area contributed by atoms with Crippen LogP contribution in [-0.4, -0.2) is 69.2 Å². The summed E-state index contributed by atoms with van der Waals surface area (Å²) in [6.45, 7) is 3.52. The number of halogens is 3. The van der Waals surface area contributed by atoms with E-state index in [0.717, 1.165) is 38.5 Å². The van der Waals surface area contributed by atoms with E-state index in [4.69, 9.17) is 9.90 Å². The van der Waals surface area contributed by atoms with Crippen LogP contribution in [-0.2, 0) is 4.79 Å². The number of carboxylic acid groups (broad SMARTS) is 1. The first kappa shape index (κ1) is 20.5. The van der Waals surface area contributed by atoms with Crippen molar-refractivity contribution in [2.24, 2.45) is 5.41 Å². The maximum Gasteiger partial charge on any atom is 0.490 e. The van der Waals surface area contributed by atoms with Gasteiger partial charge in [-0.2, -0.15) is 13.2 Å². The molecule has 0 aliphatic carbocycles. The largest absolute Gasteiger partial charge is 0.490 e. The molecule has 8 nitrogen and oxygen atoms in total. The van der Waals surface area contributed by atoms with Crippen molar-refractivity contribution in [3.8, 4) is 0 Å². The summed E-state index contributed by atoms with van der Waals surface area (Å²) < 4.78 is 31.7. The maximum atomic E-state index is 12.4. The van der Waals surface area contributed by atoms with Gasteiger partial charge in [-0.05, 0) is 24.6 Å². The van der Waals surface area contributed by atoms with Gasteiger partial charge in [0.15, 0.2) is 0 Å². The van der Waals surface area contributed by atoms with Gasteiger partial charge in [0, 0.05) is 61.9 Å². The number of hydrogen-bond acceptors (Lipinski definition) is 6. The van der Waals surface area contributed by atoms with E-state index >= 15 is 0 Å². The number of aromatic nitrogens is 3. The smallest absolute Gasteiger partial charge is 0.475 e.